The minimum absolute atomic E-state index is 0.173. The van der Waals surface area contributed by atoms with Gasteiger partial charge in [0.25, 0.3) is 5.91 Å². The van der Waals surface area contributed by atoms with Gasteiger partial charge in [-0.15, -0.1) is 0 Å². The fourth-order valence-electron chi connectivity index (χ4n) is 2.51. The molecule has 4 heteroatoms. The Bertz CT molecular complexity index is 686. The van der Waals surface area contributed by atoms with Crippen molar-refractivity contribution in [3.05, 3.63) is 58.6 Å². The number of hydrogen-bond acceptors (Lipinski definition) is 2. The van der Waals surface area contributed by atoms with E-state index in [4.69, 9.17) is 16.3 Å². The summed E-state index contributed by atoms with van der Waals surface area (Å²) in [6.45, 7) is 7.69. The zero-order valence-corrected chi connectivity index (χ0v) is 15.4. The number of carbonyl (C=O) groups is 1. The topological polar surface area (TPSA) is 38.3 Å². The molecular formula is C20H24ClNO2. The molecule has 0 fully saturated rings. The molecule has 0 unspecified atom stereocenters. The number of hydrogen-bond donors (Lipinski definition) is 1. The highest BCUT2D eigenvalue weighted by molar-refractivity contribution is 6.30. The Labute approximate surface area is 149 Å². The molecule has 0 spiro atoms. The lowest BCUT2D eigenvalue weighted by Crippen LogP contribution is -2.42. The van der Waals surface area contributed by atoms with E-state index in [1.54, 1.807) is 38.1 Å². The quantitative estimate of drug-likeness (QED) is 0.775. The molecule has 0 aliphatic carbocycles. The second kappa shape index (κ2) is 7.71. The van der Waals surface area contributed by atoms with Gasteiger partial charge in [0.2, 0.25) is 0 Å². The molecule has 2 aromatic carbocycles. The maximum Gasteiger partial charge on any atom is 0.267 e. The molecule has 0 saturated carbocycles. The zero-order chi connectivity index (χ0) is 17.7. The lowest BCUT2D eigenvalue weighted by atomic mass is 10.0. The highest BCUT2D eigenvalue weighted by Gasteiger charge is 2.30. The fraction of sp³-hybridized carbons (Fsp3) is 0.350. The summed E-state index contributed by atoms with van der Waals surface area (Å²) in [6.07, 6.45) is 1.73. The zero-order valence-electron chi connectivity index (χ0n) is 14.7. The molecule has 0 heterocycles. The molecule has 0 atom stereocenters. The van der Waals surface area contributed by atoms with E-state index in [9.17, 15) is 4.79 Å². The van der Waals surface area contributed by atoms with Gasteiger partial charge in [-0.3, -0.25) is 4.79 Å². The van der Waals surface area contributed by atoms with Crippen LogP contribution in [0.1, 0.15) is 38.8 Å². The van der Waals surface area contributed by atoms with Crippen molar-refractivity contribution in [2.45, 2.75) is 46.1 Å². The van der Waals surface area contributed by atoms with Gasteiger partial charge in [0, 0.05) is 10.7 Å². The molecule has 0 aliphatic rings. The largest absolute Gasteiger partial charge is 0.478 e. The van der Waals surface area contributed by atoms with Crippen LogP contribution < -0.4 is 10.1 Å². The Balaban J connectivity index is 2.20. The number of carbonyl (C=O) groups excluding carboxylic acids is 1. The number of rotatable bonds is 6. The molecule has 3 nitrogen and oxygen atoms in total. The summed E-state index contributed by atoms with van der Waals surface area (Å²) >= 11 is 5.88. The Morgan fingerprint density at radius 1 is 1.04 bits per heavy atom. The highest BCUT2D eigenvalue weighted by Crippen LogP contribution is 2.26. The van der Waals surface area contributed by atoms with E-state index in [-0.39, 0.29) is 5.91 Å². The van der Waals surface area contributed by atoms with Crippen LogP contribution in [0.15, 0.2) is 42.5 Å². The van der Waals surface area contributed by atoms with Gasteiger partial charge in [-0.1, -0.05) is 43.6 Å². The SMILES string of the molecule is CCc1cccc(CC)c1NC(=O)C(C)(C)Oc1ccc(Cl)cc1. The third kappa shape index (κ3) is 4.30. The molecule has 2 rings (SSSR count). The molecule has 0 aliphatic heterocycles. The van der Waals surface area contributed by atoms with E-state index in [2.05, 4.69) is 19.2 Å². The average molecular weight is 346 g/mol. The first kappa shape index (κ1) is 18.3. The van der Waals surface area contributed by atoms with Crippen molar-refractivity contribution in [2.75, 3.05) is 5.32 Å². The number of aryl methyl sites for hydroxylation is 2. The van der Waals surface area contributed by atoms with Crippen LogP contribution in [0, 0.1) is 0 Å². The molecule has 128 valence electrons. The van der Waals surface area contributed by atoms with Crippen molar-refractivity contribution in [3.8, 4) is 5.75 Å². The second-order valence-electron chi connectivity index (χ2n) is 6.18. The van der Waals surface area contributed by atoms with E-state index < -0.39 is 5.60 Å². The predicted molar refractivity (Wildman–Crippen MR) is 100.0 cm³/mol. The first-order valence-electron chi connectivity index (χ1n) is 8.24. The molecule has 0 aromatic heterocycles. The average Bonchev–Trinajstić information content (AvgIpc) is 2.56. The minimum Gasteiger partial charge on any atom is -0.478 e. The van der Waals surface area contributed by atoms with E-state index >= 15 is 0 Å². The van der Waals surface area contributed by atoms with Crippen LogP contribution in [-0.4, -0.2) is 11.5 Å². The Morgan fingerprint density at radius 2 is 1.58 bits per heavy atom. The molecule has 1 amide bonds. The monoisotopic (exact) mass is 345 g/mol. The molecular weight excluding hydrogens is 322 g/mol. The Hall–Kier alpha value is -2.00. The van der Waals surface area contributed by atoms with Gasteiger partial charge < -0.3 is 10.1 Å². The van der Waals surface area contributed by atoms with Gasteiger partial charge in [-0.05, 0) is 62.1 Å². The number of anilines is 1. The van der Waals surface area contributed by atoms with Crippen LogP contribution in [0.5, 0.6) is 5.75 Å². The molecule has 1 N–H and O–H groups in total. The van der Waals surface area contributed by atoms with Crippen molar-refractivity contribution < 1.29 is 9.53 Å². The number of halogens is 1. The van der Waals surface area contributed by atoms with Gasteiger partial charge in [0.1, 0.15) is 5.75 Å². The van der Waals surface area contributed by atoms with Crippen LogP contribution in [0.4, 0.5) is 5.69 Å². The first-order chi connectivity index (χ1) is 11.4. The van der Waals surface area contributed by atoms with E-state index in [0.717, 1.165) is 29.7 Å². The van der Waals surface area contributed by atoms with Gasteiger partial charge in [0.15, 0.2) is 5.60 Å². The number of benzene rings is 2. The van der Waals surface area contributed by atoms with Crippen molar-refractivity contribution in [2.24, 2.45) is 0 Å². The van der Waals surface area contributed by atoms with Crippen LogP contribution in [0.25, 0.3) is 0 Å². The molecule has 0 bridgehead atoms. The molecule has 2 aromatic rings. The summed E-state index contributed by atoms with van der Waals surface area (Å²) in [7, 11) is 0. The second-order valence-corrected chi connectivity index (χ2v) is 6.62. The Morgan fingerprint density at radius 3 is 2.08 bits per heavy atom. The highest BCUT2D eigenvalue weighted by atomic mass is 35.5. The molecule has 0 radical (unpaired) electrons. The van der Waals surface area contributed by atoms with E-state index in [1.807, 2.05) is 18.2 Å². The normalized spacial score (nSPS) is 11.2. The van der Waals surface area contributed by atoms with Crippen molar-refractivity contribution in [1.82, 2.24) is 0 Å². The first-order valence-corrected chi connectivity index (χ1v) is 8.62. The van der Waals surface area contributed by atoms with E-state index in [0.29, 0.717) is 10.8 Å². The van der Waals surface area contributed by atoms with Gasteiger partial charge in [0.05, 0.1) is 0 Å². The fourth-order valence-corrected chi connectivity index (χ4v) is 2.64. The van der Waals surface area contributed by atoms with Gasteiger partial charge >= 0.3 is 0 Å². The summed E-state index contributed by atoms with van der Waals surface area (Å²) in [5.41, 5.74) is 2.16. The van der Waals surface area contributed by atoms with E-state index in [1.165, 1.54) is 0 Å². The summed E-state index contributed by atoms with van der Waals surface area (Å²) < 4.78 is 5.87. The standard InChI is InChI=1S/C20H24ClNO2/c1-5-14-8-7-9-15(6-2)18(14)22-19(23)20(3,4)24-17-12-10-16(21)11-13-17/h7-13H,5-6H2,1-4H3,(H,22,23). The van der Waals surface area contributed by atoms with Crippen LogP contribution in [0.3, 0.4) is 0 Å². The summed E-state index contributed by atoms with van der Waals surface area (Å²) in [4.78, 5) is 12.8. The van der Waals surface area contributed by atoms with Crippen molar-refractivity contribution in [3.63, 3.8) is 0 Å². The smallest absolute Gasteiger partial charge is 0.267 e. The number of amides is 1. The lowest BCUT2D eigenvalue weighted by molar-refractivity contribution is -0.128. The van der Waals surface area contributed by atoms with Crippen LogP contribution in [-0.2, 0) is 17.6 Å². The number of nitrogens with one attached hydrogen (secondary N) is 1. The summed E-state index contributed by atoms with van der Waals surface area (Å²) in [5.74, 6) is 0.437. The summed E-state index contributed by atoms with van der Waals surface area (Å²) in [5, 5.41) is 3.70. The van der Waals surface area contributed by atoms with Crippen LogP contribution in [0.2, 0.25) is 5.02 Å². The maximum atomic E-state index is 12.8. The number of ether oxygens (including phenoxy) is 1. The van der Waals surface area contributed by atoms with Gasteiger partial charge in [-0.2, -0.15) is 0 Å². The third-order valence-electron chi connectivity index (χ3n) is 3.97. The summed E-state index contributed by atoms with van der Waals surface area (Å²) in [6, 6.07) is 13.1. The third-order valence-corrected chi connectivity index (χ3v) is 4.22. The number of para-hydroxylation sites is 1. The van der Waals surface area contributed by atoms with Crippen molar-refractivity contribution >= 4 is 23.2 Å². The minimum atomic E-state index is -1.00. The lowest BCUT2D eigenvalue weighted by Gasteiger charge is -2.26. The molecule has 0 saturated heterocycles. The maximum absolute atomic E-state index is 12.8. The van der Waals surface area contributed by atoms with Crippen LogP contribution >= 0.6 is 11.6 Å². The molecule has 24 heavy (non-hydrogen) atoms. The Kier molecular flexibility index (Phi) is 5.89. The van der Waals surface area contributed by atoms with Gasteiger partial charge in [-0.25, -0.2) is 0 Å². The predicted octanol–water partition coefficient (Wildman–Crippen LogP) is 5.26. The van der Waals surface area contributed by atoms with Crippen molar-refractivity contribution in [1.29, 1.82) is 0 Å².